The fourth-order valence-corrected chi connectivity index (χ4v) is 6.88. The van der Waals surface area contributed by atoms with E-state index in [1.165, 1.54) is 32.7 Å². The Bertz CT molecular complexity index is 2610. The summed E-state index contributed by atoms with van der Waals surface area (Å²) in [6.07, 6.45) is 2.16. The number of nitrogens with zero attached hydrogens (tertiary/aromatic N) is 4. The molecule has 10 rings (SSSR count). The van der Waals surface area contributed by atoms with Crippen LogP contribution >= 0.6 is 0 Å². The van der Waals surface area contributed by atoms with Gasteiger partial charge in [0.25, 0.3) is 0 Å². The first kappa shape index (κ1) is 24.3. The van der Waals surface area contributed by atoms with Gasteiger partial charge >= 0.3 is 0 Å². The molecule has 9 aromatic rings. The average molecular weight is 577 g/mol. The molecule has 6 aromatic carbocycles. The second kappa shape index (κ2) is 9.15. The van der Waals surface area contributed by atoms with Gasteiger partial charge in [0.05, 0.1) is 33.1 Å². The van der Waals surface area contributed by atoms with E-state index < -0.39 is 0 Å². The number of fused-ring (bicyclic) bond motifs is 6. The van der Waals surface area contributed by atoms with E-state index >= 15 is 0 Å². The molecule has 0 atom stereocenters. The molecule has 3 aromatic heterocycles. The van der Waals surface area contributed by atoms with Gasteiger partial charge in [-0.2, -0.15) is 0 Å². The third-order valence-electron chi connectivity index (χ3n) is 8.95. The van der Waals surface area contributed by atoms with Crippen LogP contribution in [0.15, 0.2) is 146 Å². The Kier molecular flexibility index (Phi) is 4.93. The average Bonchev–Trinajstić information content (AvgIpc) is 3.66. The molecule has 5 nitrogen and oxygen atoms in total. The van der Waals surface area contributed by atoms with Crippen LogP contribution in [0, 0.1) is 0 Å². The molecule has 210 valence electrons. The minimum Gasteiger partial charge on any atom is -0.456 e. The van der Waals surface area contributed by atoms with Gasteiger partial charge in [0, 0.05) is 44.9 Å². The summed E-state index contributed by atoms with van der Waals surface area (Å²) >= 11 is 0. The maximum absolute atomic E-state index is 6.19. The van der Waals surface area contributed by atoms with Crippen molar-refractivity contribution in [2.75, 3.05) is 0 Å². The lowest BCUT2D eigenvalue weighted by atomic mass is 10.0. The van der Waals surface area contributed by atoms with Gasteiger partial charge in [-0.25, -0.2) is 9.97 Å². The Morgan fingerprint density at radius 2 is 1.33 bits per heavy atom. The summed E-state index contributed by atoms with van der Waals surface area (Å²) < 4.78 is 10.8. The SMILES string of the molecule is c1ccc(-n2ccc3cc4c(cc32)c2ccccc2n4-c2ccc(-c3nc4c5c(cccc5n3)Oc3ccccc3-4)cc2)cc1. The molecule has 1 aliphatic rings. The third-order valence-corrected chi connectivity index (χ3v) is 8.95. The second-order valence-electron chi connectivity index (χ2n) is 11.5. The number of hydrogen-bond donors (Lipinski definition) is 0. The molecule has 0 amide bonds. The molecule has 5 heteroatoms. The molecular weight excluding hydrogens is 552 g/mol. The first-order valence-electron chi connectivity index (χ1n) is 15.1. The van der Waals surface area contributed by atoms with Crippen LogP contribution in [0.5, 0.6) is 11.5 Å². The highest BCUT2D eigenvalue weighted by atomic mass is 16.5. The lowest BCUT2D eigenvalue weighted by molar-refractivity contribution is 0.486. The van der Waals surface area contributed by atoms with Gasteiger partial charge in [0.2, 0.25) is 0 Å². The normalized spacial score (nSPS) is 12.2. The Balaban J connectivity index is 1.13. The molecule has 45 heavy (non-hydrogen) atoms. The summed E-state index contributed by atoms with van der Waals surface area (Å²) in [6.45, 7) is 0. The van der Waals surface area contributed by atoms with E-state index in [1.54, 1.807) is 0 Å². The van der Waals surface area contributed by atoms with E-state index in [1.807, 2.05) is 36.4 Å². The smallest absolute Gasteiger partial charge is 0.160 e. The molecule has 0 bridgehead atoms. The van der Waals surface area contributed by atoms with Gasteiger partial charge in [0.1, 0.15) is 11.5 Å². The minimum absolute atomic E-state index is 0.698. The van der Waals surface area contributed by atoms with Gasteiger partial charge < -0.3 is 13.9 Å². The Hall–Kier alpha value is -6.20. The van der Waals surface area contributed by atoms with Crippen LogP contribution in [0.2, 0.25) is 0 Å². The fraction of sp³-hybridized carbons (Fsp3) is 0. The molecule has 0 spiro atoms. The summed E-state index contributed by atoms with van der Waals surface area (Å²) in [6, 6.07) is 48.7. The summed E-state index contributed by atoms with van der Waals surface area (Å²) in [4.78, 5) is 10.1. The zero-order chi connectivity index (χ0) is 29.5. The van der Waals surface area contributed by atoms with Crippen molar-refractivity contribution in [2.45, 2.75) is 0 Å². The van der Waals surface area contributed by atoms with Crippen LogP contribution in [-0.2, 0) is 0 Å². The highest BCUT2D eigenvalue weighted by Crippen LogP contribution is 2.45. The van der Waals surface area contributed by atoms with E-state index in [-0.39, 0.29) is 0 Å². The first-order valence-corrected chi connectivity index (χ1v) is 15.1. The van der Waals surface area contributed by atoms with Crippen molar-refractivity contribution in [3.8, 4) is 45.5 Å². The van der Waals surface area contributed by atoms with Gasteiger partial charge in [0.15, 0.2) is 5.82 Å². The number of para-hydroxylation sites is 3. The molecule has 4 heterocycles. The molecule has 0 saturated carbocycles. The number of ether oxygens (including phenoxy) is 1. The van der Waals surface area contributed by atoms with E-state index in [0.29, 0.717) is 5.82 Å². The standard InChI is InChI=1S/C40H24N4O/c1-2-9-27(10-3-1)43-22-21-26-23-35-31(24-34(26)43)29-11-4-6-14-33(29)44(35)28-19-17-25(18-20-28)40-41-32-13-8-16-37-38(32)39(42-40)30-12-5-7-15-36(30)45-37/h1-24H. The van der Waals surface area contributed by atoms with Crippen molar-refractivity contribution in [2.24, 2.45) is 0 Å². The minimum atomic E-state index is 0.698. The molecule has 0 N–H and O–H groups in total. The third kappa shape index (κ3) is 3.55. The van der Waals surface area contributed by atoms with Crippen LogP contribution in [0.3, 0.4) is 0 Å². The number of benzene rings is 6. The topological polar surface area (TPSA) is 44.9 Å². The van der Waals surface area contributed by atoms with Crippen LogP contribution in [0.4, 0.5) is 0 Å². The van der Waals surface area contributed by atoms with Crippen LogP contribution in [0.1, 0.15) is 0 Å². The molecule has 0 saturated heterocycles. The summed E-state index contributed by atoms with van der Waals surface area (Å²) in [5.41, 5.74) is 9.53. The molecule has 0 fully saturated rings. The van der Waals surface area contributed by atoms with Crippen LogP contribution < -0.4 is 4.74 Å². The summed E-state index contributed by atoms with van der Waals surface area (Å²) in [5, 5.41) is 4.61. The van der Waals surface area contributed by atoms with Crippen LogP contribution in [0.25, 0.3) is 77.6 Å². The molecule has 0 unspecified atom stereocenters. The largest absolute Gasteiger partial charge is 0.456 e. The van der Waals surface area contributed by atoms with Crippen molar-refractivity contribution in [3.05, 3.63) is 146 Å². The lowest BCUT2D eigenvalue weighted by Gasteiger charge is -2.20. The summed E-state index contributed by atoms with van der Waals surface area (Å²) in [5.74, 6) is 2.31. The van der Waals surface area contributed by atoms with E-state index in [2.05, 4.69) is 118 Å². The van der Waals surface area contributed by atoms with Crippen molar-refractivity contribution < 1.29 is 4.74 Å². The van der Waals surface area contributed by atoms with Crippen LogP contribution in [-0.4, -0.2) is 19.1 Å². The van der Waals surface area contributed by atoms with Gasteiger partial charge in [-0.1, -0.05) is 54.6 Å². The van der Waals surface area contributed by atoms with Crippen molar-refractivity contribution in [1.82, 2.24) is 19.1 Å². The highest BCUT2D eigenvalue weighted by Gasteiger charge is 2.23. The number of hydrogen-bond acceptors (Lipinski definition) is 3. The van der Waals surface area contributed by atoms with Gasteiger partial charge in [-0.05, 0) is 84.9 Å². The maximum atomic E-state index is 6.19. The zero-order valence-electron chi connectivity index (χ0n) is 24.1. The fourth-order valence-electron chi connectivity index (χ4n) is 6.88. The van der Waals surface area contributed by atoms with Gasteiger partial charge in [-0.15, -0.1) is 0 Å². The van der Waals surface area contributed by atoms with E-state index in [0.717, 1.165) is 50.6 Å². The van der Waals surface area contributed by atoms with Crippen molar-refractivity contribution >= 4 is 43.6 Å². The van der Waals surface area contributed by atoms with Gasteiger partial charge in [-0.3, -0.25) is 0 Å². The predicted molar refractivity (Wildman–Crippen MR) is 182 cm³/mol. The molecule has 1 aliphatic heterocycles. The van der Waals surface area contributed by atoms with E-state index in [9.17, 15) is 0 Å². The van der Waals surface area contributed by atoms with Crippen molar-refractivity contribution in [1.29, 1.82) is 0 Å². The molecular formula is C40H24N4O. The number of rotatable bonds is 3. The molecule has 0 aliphatic carbocycles. The predicted octanol–water partition coefficient (Wildman–Crippen LogP) is 10.1. The molecule has 0 radical (unpaired) electrons. The van der Waals surface area contributed by atoms with Crippen molar-refractivity contribution in [3.63, 3.8) is 0 Å². The second-order valence-corrected chi connectivity index (χ2v) is 11.5. The first-order chi connectivity index (χ1) is 22.3. The Labute approximate surface area is 258 Å². The highest BCUT2D eigenvalue weighted by molar-refractivity contribution is 6.13. The Morgan fingerprint density at radius 1 is 0.533 bits per heavy atom. The maximum Gasteiger partial charge on any atom is 0.160 e. The zero-order valence-corrected chi connectivity index (χ0v) is 24.1. The monoisotopic (exact) mass is 576 g/mol. The quantitative estimate of drug-likeness (QED) is 0.210. The summed E-state index contributed by atoms with van der Waals surface area (Å²) in [7, 11) is 0. The van der Waals surface area contributed by atoms with E-state index in [4.69, 9.17) is 14.7 Å². The Morgan fingerprint density at radius 3 is 2.24 bits per heavy atom. The lowest BCUT2D eigenvalue weighted by Crippen LogP contribution is -2.02. The number of aromatic nitrogens is 4.